The highest BCUT2D eigenvalue weighted by Crippen LogP contribution is 2.23. The molecular formula is C15H14F2N2OS. The van der Waals surface area contributed by atoms with Crippen LogP contribution in [0.15, 0.2) is 29.4 Å². The normalized spacial score (nSPS) is 12.2. The van der Waals surface area contributed by atoms with Crippen molar-refractivity contribution in [2.45, 2.75) is 31.2 Å². The van der Waals surface area contributed by atoms with Gasteiger partial charge in [0.05, 0.1) is 5.25 Å². The third kappa shape index (κ3) is 3.85. The molecule has 21 heavy (non-hydrogen) atoms. The number of Topliss-reactive ketones (excluding diaryl/α,β-unsaturated/α-hetero) is 1. The van der Waals surface area contributed by atoms with Gasteiger partial charge in [-0.05, 0) is 45.0 Å². The first-order valence-electron chi connectivity index (χ1n) is 6.35. The van der Waals surface area contributed by atoms with E-state index in [1.807, 2.05) is 19.9 Å². The summed E-state index contributed by atoms with van der Waals surface area (Å²) in [5.74, 6) is -2.29. The zero-order valence-electron chi connectivity index (χ0n) is 11.9. The van der Waals surface area contributed by atoms with Crippen molar-refractivity contribution in [3.05, 3.63) is 52.9 Å². The molecule has 0 bridgehead atoms. The smallest absolute Gasteiger partial charge is 0.188 e. The molecule has 0 saturated carbocycles. The highest BCUT2D eigenvalue weighted by molar-refractivity contribution is 8.00. The molecule has 0 aliphatic heterocycles. The molecule has 0 N–H and O–H groups in total. The van der Waals surface area contributed by atoms with Gasteiger partial charge >= 0.3 is 0 Å². The second-order valence-corrected chi connectivity index (χ2v) is 5.99. The van der Waals surface area contributed by atoms with E-state index < -0.39 is 16.9 Å². The fourth-order valence-electron chi connectivity index (χ4n) is 1.84. The highest BCUT2D eigenvalue weighted by atomic mass is 32.2. The lowest BCUT2D eigenvalue weighted by molar-refractivity contribution is 0.0993. The van der Waals surface area contributed by atoms with E-state index in [1.165, 1.54) is 17.8 Å². The number of thioether (sulfide) groups is 1. The van der Waals surface area contributed by atoms with Gasteiger partial charge in [0.1, 0.15) is 0 Å². The van der Waals surface area contributed by atoms with Gasteiger partial charge in [0, 0.05) is 17.0 Å². The zero-order chi connectivity index (χ0) is 15.6. The minimum absolute atomic E-state index is 0.137. The summed E-state index contributed by atoms with van der Waals surface area (Å²) in [4.78, 5) is 20.7. The van der Waals surface area contributed by atoms with E-state index in [0.717, 1.165) is 23.5 Å². The highest BCUT2D eigenvalue weighted by Gasteiger charge is 2.19. The number of ketones is 1. The monoisotopic (exact) mass is 308 g/mol. The quantitative estimate of drug-likeness (QED) is 0.490. The maximum atomic E-state index is 13.2. The van der Waals surface area contributed by atoms with Gasteiger partial charge in [-0.15, -0.1) is 0 Å². The minimum Gasteiger partial charge on any atom is -0.293 e. The lowest BCUT2D eigenvalue weighted by atomic mass is 10.1. The molecule has 0 amide bonds. The fraction of sp³-hybridized carbons (Fsp3) is 0.267. The summed E-state index contributed by atoms with van der Waals surface area (Å²) in [7, 11) is 0. The third-order valence-corrected chi connectivity index (χ3v) is 3.78. The Bertz CT molecular complexity index is 671. The number of rotatable bonds is 4. The van der Waals surface area contributed by atoms with Gasteiger partial charge in [-0.2, -0.15) is 0 Å². The van der Waals surface area contributed by atoms with E-state index in [9.17, 15) is 13.6 Å². The van der Waals surface area contributed by atoms with Crippen molar-refractivity contribution in [3.63, 3.8) is 0 Å². The van der Waals surface area contributed by atoms with Crippen LogP contribution in [0.3, 0.4) is 0 Å². The Morgan fingerprint density at radius 2 is 1.71 bits per heavy atom. The summed E-state index contributed by atoms with van der Waals surface area (Å²) >= 11 is 1.20. The average Bonchev–Trinajstić information content (AvgIpc) is 2.39. The first kappa shape index (κ1) is 15.6. The Balaban J connectivity index is 2.17. The number of aromatic nitrogens is 2. The van der Waals surface area contributed by atoms with Crippen LogP contribution in [0.1, 0.15) is 28.7 Å². The molecule has 6 heteroatoms. The number of benzene rings is 1. The molecule has 1 heterocycles. The molecule has 0 saturated heterocycles. The van der Waals surface area contributed by atoms with Gasteiger partial charge in [0.2, 0.25) is 0 Å². The lowest BCUT2D eigenvalue weighted by Gasteiger charge is -2.10. The van der Waals surface area contributed by atoms with Crippen LogP contribution in [0.5, 0.6) is 0 Å². The third-order valence-electron chi connectivity index (χ3n) is 2.82. The molecule has 0 aliphatic rings. The van der Waals surface area contributed by atoms with E-state index in [-0.39, 0.29) is 11.3 Å². The van der Waals surface area contributed by atoms with Crippen molar-refractivity contribution >= 4 is 17.5 Å². The van der Waals surface area contributed by atoms with Gasteiger partial charge in [-0.1, -0.05) is 11.8 Å². The summed E-state index contributed by atoms with van der Waals surface area (Å²) in [5.41, 5.74) is 1.77. The van der Waals surface area contributed by atoms with E-state index >= 15 is 0 Å². The summed E-state index contributed by atoms with van der Waals surface area (Å²) in [6.45, 7) is 5.39. The van der Waals surface area contributed by atoms with Crippen LogP contribution >= 0.6 is 11.8 Å². The van der Waals surface area contributed by atoms with Crippen molar-refractivity contribution in [1.82, 2.24) is 9.97 Å². The molecule has 1 atom stereocenters. The average molecular weight is 308 g/mol. The molecule has 0 radical (unpaired) electrons. The van der Waals surface area contributed by atoms with Crippen LogP contribution in [-0.2, 0) is 0 Å². The van der Waals surface area contributed by atoms with E-state index in [2.05, 4.69) is 9.97 Å². The maximum absolute atomic E-state index is 13.2. The van der Waals surface area contributed by atoms with Crippen LogP contribution < -0.4 is 0 Å². The van der Waals surface area contributed by atoms with Crippen LogP contribution in [0.2, 0.25) is 0 Å². The maximum Gasteiger partial charge on any atom is 0.188 e. The van der Waals surface area contributed by atoms with Gasteiger partial charge in [0.25, 0.3) is 0 Å². The first-order chi connectivity index (χ1) is 9.86. The minimum atomic E-state index is -1.03. The SMILES string of the molecule is Cc1cc(C)nc(SC(C)C(=O)c2ccc(F)c(F)c2)n1. The topological polar surface area (TPSA) is 42.9 Å². The summed E-state index contributed by atoms with van der Waals surface area (Å²) < 4.78 is 26.1. The largest absolute Gasteiger partial charge is 0.293 e. The first-order valence-corrected chi connectivity index (χ1v) is 7.23. The van der Waals surface area contributed by atoms with E-state index in [4.69, 9.17) is 0 Å². The van der Waals surface area contributed by atoms with E-state index in [1.54, 1.807) is 6.92 Å². The second kappa shape index (κ2) is 6.30. The number of nitrogens with zero attached hydrogens (tertiary/aromatic N) is 2. The van der Waals surface area contributed by atoms with Gasteiger partial charge in [-0.3, -0.25) is 4.79 Å². The van der Waals surface area contributed by atoms with E-state index in [0.29, 0.717) is 5.16 Å². The van der Waals surface area contributed by atoms with Gasteiger partial charge in [0.15, 0.2) is 22.6 Å². The molecule has 3 nitrogen and oxygen atoms in total. The Labute approximate surface area is 125 Å². The summed E-state index contributed by atoms with van der Waals surface area (Å²) in [6.07, 6.45) is 0. The molecule has 1 aromatic heterocycles. The molecule has 110 valence electrons. The Morgan fingerprint density at radius 3 is 2.29 bits per heavy atom. The molecular weight excluding hydrogens is 294 g/mol. The fourth-order valence-corrected chi connectivity index (χ4v) is 2.79. The Kier molecular flexibility index (Phi) is 4.67. The van der Waals surface area contributed by atoms with Crippen molar-refractivity contribution in [2.24, 2.45) is 0 Å². The van der Waals surface area contributed by atoms with Crippen LogP contribution in [0.4, 0.5) is 8.78 Å². The Hall–Kier alpha value is -1.82. The molecule has 0 spiro atoms. The van der Waals surface area contributed by atoms with Gasteiger partial charge in [-0.25, -0.2) is 18.7 Å². The standard InChI is InChI=1S/C15H14F2N2OS/c1-8-6-9(2)19-15(18-8)21-10(3)14(20)11-4-5-12(16)13(17)7-11/h4-7,10H,1-3H3. The number of carbonyl (C=O) groups excluding carboxylic acids is 1. The van der Waals surface area contributed by atoms with Crippen molar-refractivity contribution in [1.29, 1.82) is 0 Å². The van der Waals surface area contributed by atoms with Crippen LogP contribution in [0.25, 0.3) is 0 Å². The number of carbonyl (C=O) groups is 1. The number of hydrogen-bond acceptors (Lipinski definition) is 4. The van der Waals surface area contributed by atoms with Crippen LogP contribution in [0, 0.1) is 25.5 Å². The molecule has 0 aliphatic carbocycles. The number of halogens is 2. The predicted molar refractivity (Wildman–Crippen MR) is 77.5 cm³/mol. The lowest BCUT2D eigenvalue weighted by Crippen LogP contribution is -2.14. The number of hydrogen-bond donors (Lipinski definition) is 0. The molecule has 1 unspecified atom stereocenters. The predicted octanol–water partition coefficient (Wildman–Crippen LogP) is 3.74. The second-order valence-electron chi connectivity index (χ2n) is 4.69. The zero-order valence-corrected chi connectivity index (χ0v) is 12.7. The Morgan fingerprint density at radius 1 is 1.10 bits per heavy atom. The molecule has 2 rings (SSSR count). The summed E-state index contributed by atoms with van der Waals surface area (Å²) in [5, 5.41) is 0.00648. The molecule has 1 aromatic carbocycles. The van der Waals surface area contributed by atoms with Crippen molar-refractivity contribution in [2.75, 3.05) is 0 Å². The number of aryl methyl sites for hydroxylation is 2. The molecule has 2 aromatic rings. The van der Waals surface area contributed by atoms with Crippen molar-refractivity contribution < 1.29 is 13.6 Å². The van der Waals surface area contributed by atoms with Gasteiger partial charge < -0.3 is 0 Å². The summed E-state index contributed by atoms with van der Waals surface area (Å²) in [6, 6.07) is 4.98. The molecule has 0 fully saturated rings. The van der Waals surface area contributed by atoms with Crippen molar-refractivity contribution in [3.8, 4) is 0 Å². The van der Waals surface area contributed by atoms with Crippen LogP contribution in [-0.4, -0.2) is 21.0 Å².